The lowest BCUT2D eigenvalue weighted by Crippen LogP contribution is -2.18. The van der Waals surface area contributed by atoms with E-state index >= 15 is 0 Å². The van der Waals surface area contributed by atoms with Crippen LogP contribution in [0.5, 0.6) is 0 Å². The largest absolute Gasteiger partial charge is 0.368 e. The summed E-state index contributed by atoms with van der Waals surface area (Å²) in [6, 6.07) is 7.26. The highest BCUT2D eigenvalue weighted by Gasteiger charge is 2.15. The molecule has 1 saturated carbocycles. The molecule has 2 aromatic rings. The summed E-state index contributed by atoms with van der Waals surface area (Å²) in [5.41, 5.74) is 0.696. The molecule has 1 aromatic heterocycles. The number of rotatable bonds is 6. The fourth-order valence-corrected chi connectivity index (χ4v) is 2.73. The lowest BCUT2D eigenvalue weighted by atomic mass is 10.1. The number of nitrogens with one attached hydrogen (secondary N) is 2. The van der Waals surface area contributed by atoms with Gasteiger partial charge in [0.25, 0.3) is 0 Å². The lowest BCUT2D eigenvalue weighted by Gasteiger charge is -2.12. The molecule has 1 aromatic carbocycles. The minimum atomic E-state index is -0.172. The van der Waals surface area contributed by atoms with Crippen LogP contribution in [0, 0.1) is 5.82 Å². The molecule has 2 N–H and O–H groups in total. The zero-order chi connectivity index (χ0) is 15.2. The Labute approximate surface area is 129 Å². The van der Waals surface area contributed by atoms with E-state index in [1.807, 2.05) is 6.07 Å². The number of nitrogens with zero attached hydrogens (tertiary/aromatic N) is 3. The van der Waals surface area contributed by atoms with Crippen molar-refractivity contribution in [3.8, 4) is 0 Å². The van der Waals surface area contributed by atoms with Gasteiger partial charge in [-0.3, -0.25) is 0 Å². The van der Waals surface area contributed by atoms with E-state index in [2.05, 4.69) is 25.8 Å². The third-order valence-electron chi connectivity index (χ3n) is 3.91. The molecule has 1 aliphatic rings. The van der Waals surface area contributed by atoms with Crippen LogP contribution >= 0.6 is 0 Å². The third-order valence-corrected chi connectivity index (χ3v) is 3.91. The predicted octanol–water partition coefficient (Wildman–Crippen LogP) is 3.02. The molecule has 0 amide bonds. The highest BCUT2D eigenvalue weighted by Crippen LogP contribution is 2.20. The number of benzene rings is 1. The minimum absolute atomic E-state index is 0.172. The zero-order valence-corrected chi connectivity index (χ0v) is 12.4. The molecule has 0 bridgehead atoms. The van der Waals surface area contributed by atoms with Crippen LogP contribution in [0.3, 0.4) is 0 Å². The molecule has 0 radical (unpaired) electrons. The van der Waals surface area contributed by atoms with Gasteiger partial charge in [-0.2, -0.15) is 10.1 Å². The molecule has 0 aliphatic heterocycles. The fraction of sp³-hybridized carbons (Fsp3) is 0.438. The summed E-state index contributed by atoms with van der Waals surface area (Å²) < 4.78 is 13.5. The Bertz CT molecular complexity index is 613. The molecule has 1 fully saturated rings. The van der Waals surface area contributed by atoms with E-state index in [9.17, 15) is 4.39 Å². The first-order valence-electron chi connectivity index (χ1n) is 7.75. The van der Waals surface area contributed by atoms with Crippen LogP contribution in [0.2, 0.25) is 0 Å². The van der Waals surface area contributed by atoms with Gasteiger partial charge in [0.15, 0.2) is 5.82 Å². The normalized spacial score (nSPS) is 15.0. The predicted molar refractivity (Wildman–Crippen MR) is 84.3 cm³/mol. The molecule has 0 unspecified atom stereocenters. The Morgan fingerprint density at radius 1 is 1.18 bits per heavy atom. The summed E-state index contributed by atoms with van der Waals surface area (Å²) in [5, 5.41) is 14.4. The van der Waals surface area contributed by atoms with Crippen molar-refractivity contribution in [2.24, 2.45) is 0 Å². The van der Waals surface area contributed by atoms with Crippen LogP contribution < -0.4 is 10.6 Å². The summed E-state index contributed by atoms with van der Waals surface area (Å²) in [4.78, 5) is 4.40. The first-order chi connectivity index (χ1) is 10.8. The Morgan fingerprint density at radius 2 is 2.00 bits per heavy atom. The molecule has 22 heavy (non-hydrogen) atoms. The van der Waals surface area contributed by atoms with E-state index in [-0.39, 0.29) is 5.82 Å². The maximum absolute atomic E-state index is 13.5. The Kier molecular flexibility index (Phi) is 4.78. The quantitative estimate of drug-likeness (QED) is 0.858. The molecule has 116 valence electrons. The second kappa shape index (κ2) is 7.15. The van der Waals surface area contributed by atoms with Crippen LogP contribution in [-0.2, 0) is 6.42 Å². The van der Waals surface area contributed by atoms with Gasteiger partial charge in [0.1, 0.15) is 5.82 Å². The molecule has 1 aliphatic carbocycles. The van der Waals surface area contributed by atoms with Crippen molar-refractivity contribution in [2.75, 3.05) is 17.2 Å². The maximum atomic E-state index is 13.5. The van der Waals surface area contributed by atoms with Gasteiger partial charge in [-0.05, 0) is 30.9 Å². The maximum Gasteiger partial charge on any atom is 0.244 e. The first kappa shape index (κ1) is 14.7. The average molecular weight is 301 g/mol. The molecule has 6 heteroatoms. The standard InChI is InChI=1S/C16H20FN5/c17-14-8-4-1-5-12(14)9-10-18-15-11-19-22-16(21-15)20-13-6-2-3-7-13/h1,4-5,8,11,13H,2-3,6-7,9-10H2,(H2,18,20,21,22). The second-order valence-corrected chi connectivity index (χ2v) is 5.56. The highest BCUT2D eigenvalue weighted by molar-refractivity contribution is 5.37. The van der Waals surface area contributed by atoms with Gasteiger partial charge in [-0.1, -0.05) is 31.0 Å². The smallest absolute Gasteiger partial charge is 0.244 e. The highest BCUT2D eigenvalue weighted by atomic mass is 19.1. The van der Waals surface area contributed by atoms with Crippen molar-refractivity contribution in [1.29, 1.82) is 0 Å². The number of halogens is 1. The molecular weight excluding hydrogens is 281 g/mol. The van der Waals surface area contributed by atoms with E-state index in [1.165, 1.54) is 18.9 Å². The number of hydrogen-bond donors (Lipinski definition) is 2. The summed E-state index contributed by atoms with van der Waals surface area (Å²) in [7, 11) is 0. The van der Waals surface area contributed by atoms with E-state index < -0.39 is 0 Å². The van der Waals surface area contributed by atoms with Crippen LogP contribution in [0.1, 0.15) is 31.2 Å². The van der Waals surface area contributed by atoms with Crippen molar-refractivity contribution >= 4 is 11.8 Å². The van der Waals surface area contributed by atoms with Gasteiger partial charge in [-0.15, -0.1) is 5.10 Å². The Morgan fingerprint density at radius 3 is 2.82 bits per heavy atom. The Hall–Kier alpha value is -2.24. The molecule has 1 heterocycles. The SMILES string of the molecule is Fc1ccccc1CCNc1cnnc(NC2CCCC2)n1. The van der Waals surface area contributed by atoms with Crippen molar-refractivity contribution < 1.29 is 4.39 Å². The van der Waals surface area contributed by atoms with Gasteiger partial charge >= 0.3 is 0 Å². The van der Waals surface area contributed by atoms with Crippen molar-refractivity contribution in [2.45, 2.75) is 38.1 Å². The molecule has 0 spiro atoms. The van der Waals surface area contributed by atoms with Gasteiger partial charge in [0.2, 0.25) is 5.95 Å². The summed E-state index contributed by atoms with van der Waals surface area (Å²) in [6.07, 6.45) is 7.02. The van der Waals surface area contributed by atoms with Crippen molar-refractivity contribution in [3.63, 3.8) is 0 Å². The lowest BCUT2D eigenvalue weighted by molar-refractivity contribution is 0.610. The molecule has 3 rings (SSSR count). The number of aromatic nitrogens is 3. The minimum Gasteiger partial charge on any atom is -0.368 e. The van der Waals surface area contributed by atoms with Gasteiger partial charge in [0.05, 0.1) is 6.20 Å². The van der Waals surface area contributed by atoms with Crippen molar-refractivity contribution in [1.82, 2.24) is 15.2 Å². The fourth-order valence-electron chi connectivity index (χ4n) is 2.73. The monoisotopic (exact) mass is 301 g/mol. The van der Waals surface area contributed by atoms with E-state index in [0.717, 1.165) is 12.8 Å². The van der Waals surface area contributed by atoms with Crippen LogP contribution in [0.25, 0.3) is 0 Å². The van der Waals surface area contributed by atoms with Gasteiger partial charge in [0, 0.05) is 12.6 Å². The molecule has 0 atom stereocenters. The van der Waals surface area contributed by atoms with Crippen molar-refractivity contribution in [3.05, 3.63) is 41.8 Å². The molecule has 0 saturated heterocycles. The summed E-state index contributed by atoms with van der Waals surface area (Å²) in [5.74, 6) is 1.04. The van der Waals surface area contributed by atoms with E-state index in [1.54, 1.807) is 18.3 Å². The first-order valence-corrected chi connectivity index (χ1v) is 7.75. The zero-order valence-electron chi connectivity index (χ0n) is 12.4. The molecule has 5 nitrogen and oxygen atoms in total. The molecular formula is C16H20FN5. The van der Waals surface area contributed by atoms with E-state index in [0.29, 0.717) is 36.3 Å². The van der Waals surface area contributed by atoms with Gasteiger partial charge in [-0.25, -0.2) is 4.39 Å². The Balaban J connectivity index is 1.53. The third kappa shape index (κ3) is 3.90. The number of hydrogen-bond acceptors (Lipinski definition) is 5. The number of anilines is 2. The van der Waals surface area contributed by atoms with E-state index in [4.69, 9.17) is 0 Å². The average Bonchev–Trinajstić information content (AvgIpc) is 3.03. The topological polar surface area (TPSA) is 62.7 Å². The van der Waals surface area contributed by atoms with Gasteiger partial charge < -0.3 is 10.6 Å². The van der Waals surface area contributed by atoms with Crippen LogP contribution in [0.15, 0.2) is 30.5 Å². The van der Waals surface area contributed by atoms with Crippen LogP contribution in [-0.4, -0.2) is 27.8 Å². The van der Waals surface area contributed by atoms with Crippen LogP contribution in [0.4, 0.5) is 16.2 Å². The second-order valence-electron chi connectivity index (χ2n) is 5.56. The summed E-state index contributed by atoms with van der Waals surface area (Å²) >= 11 is 0. The summed E-state index contributed by atoms with van der Waals surface area (Å²) in [6.45, 7) is 0.600.